The fraction of sp³-hybridized carbons (Fsp3) is 0.917. The Labute approximate surface area is 91.8 Å². The van der Waals surface area contributed by atoms with E-state index in [0.29, 0.717) is 6.42 Å². The fourth-order valence-corrected chi connectivity index (χ4v) is 2.01. The van der Waals surface area contributed by atoms with E-state index in [0.717, 1.165) is 12.8 Å². The molecule has 1 atom stereocenters. The van der Waals surface area contributed by atoms with Gasteiger partial charge >= 0.3 is 5.97 Å². The first kappa shape index (κ1) is 12.5. The van der Waals surface area contributed by atoms with Gasteiger partial charge in [-0.1, -0.05) is 32.6 Å². The van der Waals surface area contributed by atoms with Crippen molar-refractivity contribution in [2.24, 2.45) is 0 Å². The molecule has 0 aromatic carbocycles. The van der Waals surface area contributed by atoms with E-state index in [4.69, 9.17) is 9.84 Å². The zero-order valence-corrected chi connectivity index (χ0v) is 9.79. The summed E-state index contributed by atoms with van der Waals surface area (Å²) < 4.78 is 5.77. The molecule has 0 spiro atoms. The zero-order valence-electron chi connectivity index (χ0n) is 9.79. The van der Waals surface area contributed by atoms with Crippen LogP contribution in [0.5, 0.6) is 0 Å². The summed E-state index contributed by atoms with van der Waals surface area (Å²) in [6.45, 7) is 3.55. The van der Waals surface area contributed by atoms with Crippen LogP contribution in [0.4, 0.5) is 0 Å². The molecule has 0 bridgehead atoms. The van der Waals surface area contributed by atoms with Gasteiger partial charge in [-0.25, -0.2) is 4.79 Å². The summed E-state index contributed by atoms with van der Waals surface area (Å²) in [6.07, 6.45) is 7.57. The Kier molecular flexibility index (Phi) is 4.58. The van der Waals surface area contributed by atoms with Gasteiger partial charge in [-0.05, 0) is 26.2 Å². The molecule has 88 valence electrons. The Balaban J connectivity index is 2.53. The summed E-state index contributed by atoms with van der Waals surface area (Å²) in [5, 5.41) is 9.11. The second-order valence-corrected chi connectivity index (χ2v) is 4.62. The molecule has 1 unspecified atom stereocenters. The predicted octanol–water partition coefficient (Wildman–Crippen LogP) is 2.98. The summed E-state index contributed by atoms with van der Waals surface area (Å²) in [4.78, 5) is 11.1. The van der Waals surface area contributed by atoms with E-state index in [9.17, 15) is 4.79 Å². The van der Waals surface area contributed by atoms with Crippen molar-refractivity contribution in [2.45, 2.75) is 70.5 Å². The quantitative estimate of drug-likeness (QED) is 0.732. The van der Waals surface area contributed by atoms with Gasteiger partial charge in [0.1, 0.15) is 0 Å². The van der Waals surface area contributed by atoms with Crippen molar-refractivity contribution in [2.75, 3.05) is 0 Å². The topological polar surface area (TPSA) is 46.5 Å². The standard InChI is InChI=1S/C12H22O3/c1-3-12(2,11(13)14)15-10-8-6-4-5-7-9-10/h10H,3-9H2,1-2H3,(H,13,14). The smallest absolute Gasteiger partial charge is 0.335 e. The van der Waals surface area contributed by atoms with Gasteiger partial charge in [0, 0.05) is 0 Å². The molecule has 0 aliphatic heterocycles. The molecule has 0 radical (unpaired) electrons. The molecule has 1 saturated carbocycles. The maximum absolute atomic E-state index is 11.1. The Morgan fingerprint density at radius 3 is 2.27 bits per heavy atom. The van der Waals surface area contributed by atoms with E-state index in [2.05, 4.69) is 0 Å². The number of hydrogen-bond donors (Lipinski definition) is 1. The van der Waals surface area contributed by atoms with Crippen LogP contribution in [0.15, 0.2) is 0 Å². The third kappa shape index (κ3) is 3.49. The highest BCUT2D eigenvalue weighted by Crippen LogP contribution is 2.26. The largest absolute Gasteiger partial charge is 0.479 e. The highest BCUT2D eigenvalue weighted by molar-refractivity contribution is 5.76. The number of aliphatic carboxylic acids is 1. The van der Waals surface area contributed by atoms with Crippen molar-refractivity contribution in [3.05, 3.63) is 0 Å². The number of carboxylic acid groups (broad SMARTS) is 1. The van der Waals surface area contributed by atoms with E-state index in [1.807, 2.05) is 6.92 Å². The minimum Gasteiger partial charge on any atom is -0.479 e. The van der Waals surface area contributed by atoms with Crippen molar-refractivity contribution < 1.29 is 14.6 Å². The van der Waals surface area contributed by atoms with Gasteiger partial charge in [0.25, 0.3) is 0 Å². The maximum Gasteiger partial charge on any atom is 0.335 e. The SMILES string of the molecule is CCC(C)(OC1CCCCCC1)C(=O)O. The Hall–Kier alpha value is -0.570. The molecule has 1 fully saturated rings. The average molecular weight is 214 g/mol. The molecule has 0 heterocycles. The lowest BCUT2D eigenvalue weighted by Crippen LogP contribution is -2.41. The number of carbonyl (C=O) groups is 1. The van der Waals surface area contributed by atoms with Crippen LogP contribution in [0.25, 0.3) is 0 Å². The van der Waals surface area contributed by atoms with Gasteiger partial charge in [0.2, 0.25) is 0 Å². The highest BCUT2D eigenvalue weighted by Gasteiger charge is 2.34. The van der Waals surface area contributed by atoms with Crippen molar-refractivity contribution in [3.63, 3.8) is 0 Å². The van der Waals surface area contributed by atoms with Crippen LogP contribution in [0.3, 0.4) is 0 Å². The lowest BCUT2D eigenvalue weighted by atomic mass is 10.0. The van der Waals surface area contributed by atoms with Gasteiger partial charge in [0.05, 0.1) is 6.10 Å². The van der Waals surface area contributed by atoms with Crippen LogP contribution >= 0.6 is 0 Å². The normalized spacial score (nSPS) is 23.1. The van der Waals surface area contributed by atoms with Crippen LogP contribution in [-0.2, 0) is 9.53 Å². The van der Waals surface area contributed by atoms with Gasteiger partial charge in [0.15, 0.2) is 5.60 Å². The van der Waals surface area contributed by atoms with E-state index < -0.39 is 11.6 Å². The first-order valence-corrected chi connectivity index (χ1v) is 5.99. The molecule has 1 aliphatic rings. The van der Waals surface area contributed by atoms with Gasteiger partial charge < -0.3 is 9.84 Å². The van der Waals surface area contributed by atoms with Crippen molar-refractivity contribution in [1.82, 2.24) is 0 Å². The number of carboxylic acids is 1. The van der Waals surface area contributed by atoms with Crippen molar-refractivity contribution in [3.8, 4) is 0 Å². The average Bonchev–Trinajstić information content (AvgIpc) is 2.46. The monoisotopic (exact) mass is 214 g/mol. The van der Waals surface area contributed by atoms with Crippen LogP contribution in [-0.4, -0.2) is 22.8 Å². The maximum atomic E-state index is 11.1. The molecule has 15 heavy (non-hydrogen) atoms. The van der Waals surface area contributed by atoms with Crippen molar-refractivity contribution in [1.29, 1.82) is 0 Å². The van der Waals surface area contributed by atoms with Gasteiger partial charge in [-0.3, -0.25) is 0 Å². The third-order valence-electron chi connectivity index (χ3n) is 3.36. The van der Waals surface area contributed by atoms with Crippen molar-refractivity contribution >= 4 is 5.97 Å². The molecule has 1 N–H and O–H groups in total. The number of rotatable bonds is 4. The van der Waals surface area contributed by atoms with Gasteiger partial charge in [-0.15, -0.1) is 0 Å². The molecular formula is C12H22O3. The molecule has 0 aromatic rings. The van der Waals surface area contributed by atoms with E-state index in [1.165, 1.54) is 25.7 Å². The molecule has 0 saturated heterocycles. The van der Waals surface area contributed by atoms with Crippen LogP contribution in [0.1, 0.15) is 58.8 Å². The molecule has 0 amide bonds. The summed E-state index contributed by atoms with van der Waals surface area (Å²) in [6, 6.07) is 0. The molecule has 3 heteroatoms. The van der Waals surface area contributed by atoms with E-state index in [1.54, 1.807) is 6.92 Å². The first-order chi connectivity index (χ1) is 7.08. The lowest BCUT2D eigenvalue weighted by Gasteiger charge is -2.29. The summed E-state index contributed by atoms with van der Waals surface area (Å²) in [5.41, 5.74) is -0.991. The van der Waals surface area contributed by atoms with Gasteiger partial charge in [-0.2, -0.15) is 0 Å². The second kappa shape index (κ2) is 5.50. The summed E-state index contributed by atoms with van der Waals surface area (Å²) in [7, 11) is 0. The minimum absolute atomic E-state index is 0.147. The van der Waals surface area contributed by atoms with E-state index >= 15 is 0 Å². The second-order valence-electron chi connectivity index (χ2n) is 4.62. The predicted molar refractivity (Wildman–Crippen MR) is 58.9 cm³/mol. The summed E-state index contributed by atoms with van der Waals surface area (Å²) in [5.74, 6) is -0.839. The molecule has 3 nitrogen and oxygen atoms in total. The zero-order chi connectivity index (χ0) is 11.3. The lowest BCUT2D eigenvalue weighted by molar-refractivity contribution is -0.172. The molecular weight excluding hydrogens is 192 g/mol. The number of ether oxygens (including phenoxy) is 1. The Morgan fingerprint density at radius 1 is 1.33 bits per heavy atom. The Bertz CT molecular complexity index is 207. The van der Waals surface area contributed by atoms with Crippen LogP contribution in [0.2, 0.25) is 0 Å². The first-order valence-electron chi connectivity index (χ1n) is 5.99. The molecule has 1 rings (SSSR count). The molecule has 0 aromatic heterocycles. The molecule has 1 aliphatic carbocycles. The fourth-order valence-electron chi connectivity index (χ4n) is 2.01. The Morgan fingerprint density at radius 2 is 1.87 bits per heavy atom. The summed E-state index contributed by atoms with van der Waals surface area (Å²) >= 11 is 0. The van der Waals surface area contributed by atoms with Crippen LogP contribution < -0.4 is 0 Å². The minimum atomic E-state index is -0.991. The van der Waals surface area contributed by atoms with Crippen LogP contribution in [0, 0.1) is 0 Å². The number of hydrogen-bond acceptors (Lipinski definition) is 2. The third-order valence-corrected chi connectivity index (χ3v) is 3.36. The highest BCUT2D eigenvalue weighted by atomic mass is 16.5. The van der Waals surface area contributed by atoms with E-state index in [-0.39, 0.29) is 6.10 Å².